The molecule has 0 aliphatic rings. The molecule has 0 radical (unpaired) electrons. The SMILES string of the molecule is COCCC(N)CC(O)c1ccc(F)cc1Br. The van der Waals surface area contributed by atoms with Gasteiger partial charge in [-0.2, -0.15) is 0 Å². The molecule has 0 aromatic heterocycles. The van der Waals surface area contributed by atoms with E-state index in [1.54, 1.807) is 13.2 Å². The van der Waals surface area contributed by atoms with E-state index in [1.807, 2.05) is 0 Å². The lowest BCUT2D eigenvalue weighted by molar-refractivity contribution is 0.140. The van der Waals surface area contributed by atoms with Gasteiger partial charge in [0.2, 0.25) is 0 Å². The normalized spacial score (nSPS) is 14.6. The van der Waals surface area contributed by atoms with Gasteiger partial charge in [0.25, 0.3) is 0 Å². The summed E-state index contributed by atoms with van der Waals surface area (Å²) in [5, 5.41) is 9.99. The third kappa shape index (κ3) is 4.71. The Bertz CT molecular complexity index is 362. The number of hydrogen-bond acceptors (Lipinski definition) is 3. The highest BCUT2D eigenvalue weighted by Gasteiger charge is 2.15. The summed E-state index contributed by atoms with van der Waals surface area (Å²) >= 11 is 3.22. The van der Waals surface area contributed by atoms with Crippen LogP contribution in [0.2, 0.25) is 0 Å². The minimum atomic E-state index is -0.697. The predicted molar refractivity (Wildman–Crippen MR) is 68.1 cm³/mol. The molecule has 3 N–H and O–H groups in total. The fourth-order valence-electron chi connectivity index (χ4n) is 1.57. The first-order valence-electron chi connectivity index (χ1n) is 5.42. The Labute approximate surface area is 109 Å². The largest absolute Gasteiger partial charge is 0.388 e. The van der Waals surface area contributed by atoms with Gasteiger partial charge < -0.3 is 15.6 Å². The summed E-state index contributed by atoms with van der Waals surface area (Å²) in [6.45, 7) is 0.568. The minimum absolute atomic E-state index is 0.137. The van der Waals surface area contributed by atoms with E-state index in [-0.39, 0.29) is 11.9 Å². The van der Waals surface area contributed by atoms with Crippen LogP contribution < -0.4 is 5.73 Å². The Morgan fingerprint density at radius 2 is 2.24 bits per heavy atom. The third-order valence-electron chi connectivity index (χ3n) is 2.54. The zero-order valence-corrected chi connectivity index (χ0v) is 11.3. The van der Waals surface area contributed by atoms with E-state index >= 15 is 0 Å². The molecule has 1 aromatic carbocycles. The number of nitrogens with two attached hydrogens (primary N) is 1. The van der Waals surface area contributed by atoms with Crippen LogP contribution in [0.3, 0.4) is 0 Å². The molecular formula is C12H17BrFNO2. The lowest BCUT2D eigenvalue weighted by Gasteiger charge is -2.17. The van der Waals surface area contributed by atoms with Crippen LogP contribution in [0.1, 0.15) is 24.5 Å². The average Bonchev–Trinajstić information content (AvgIpc) is 2.26. The van der Waals surface area contributed by atoms with Crippen molar-refractivity contribution in [2.75, 3.05) is 13.7 Å². The lowest BCUT2D eigenvalue weighted by Crippen LogP contribution is -2.24. The third-order valence-corrected chi connectivity index (χ3v) is 3.23. The van der Waals surface area contributed by atoms with Crippen LogP contribution in [0.5, 0.6) is 0 Å². The fraction of sp³-hybridized carbons (Fsp3) is 0.500. The predicted octanol–water partition coefficient (Wildman–Crippen LogP) is 2.38. The molecule has 0 fully saturated rings. The van der Waals surface area contributed by atoms with Crippen LogP contribution in [0.4, 0.5) is 4.39 Å². The zero-order chi connectivity index (χ0) is 12.8. The molecule has 0 aliphatic heterocycles. The fourth-order valence-corrected chi connectivity index (χ4v) is 2.19. The number of ether oxygens (including phenoxy) is 1. The number of hydrogen-bond donors (Lipinski definition) is 2. The van der Waals surface area contributed by atoms with Crippen molar-refractivity contribution in [1.29, 1.82) is 0 Å². The second-order valence-electron chi connectivity index (χ2n) is 3.96. The molecule has 17 heavy (non-hydrogen) atoms. The maximum atomic E-state index is 12.9. The number of rotatable bonds is 6. The molecule has 0 spiro atoms. The topological polar surface area (TPSA) is 55.5 Å². The van der Waals surface area contributed by atoms with E-state index in [0.29, 0.717) is 29.5 Å². The summed E-state index contributed by atoms with van der Waals surface area (Å²) in [4.78, 5) is 0. The van der Waals surface area contributed by atoms with Crippen molar-refractivity contribution >= 4 is 15.9 Å². The van der Waals surface area contributed by atoms with Gasteiger partial charge in [0.05, 0.1) is 6.10 Å². The first-order chi connectivity index (χ1) is 8.04. The smallest absolute Gasteiger partial charge is 0.124 e. The molecule has 0 saturated carbocycles. The Balaban J connectivity index is 2.60. The van der Waals surface area contributed by atoms with Crippen molar-refractivity contribution in [2.45, 2.75) is 25.0 Å². The maximum Gasteiger partial charge on any atom is 0.124 e. The molecule has 0 amide bonds. The van der Waals surface area contributed by atoms with Crippen LogP contribution in [0.15, 0.2) is 22.7 Å². The molecule has 96 valence electrons. The molecule has 1 aromatic rings. The summed E-state index contributed by atoms with van der Waals surface area (Å²) in [6, 6.07) is 4.08. The second kappa shape index (κ2) is 7.06. The minimum Gasteiger partial charge on any atom is -0.388 e. The molecule has 2 atom stereocenters. The van der Waals surface area contributed by atoms with Crippen LogP contribution in [-0.2, 0) is 4.74 Å². The van der Waals surface area contributed by atoms with Gasteiger partial charge in [-0.15, -0.1) is 0 Å². The summed E-state index contributed by atoms with van der Waals surface area (Å²) in [7, 11) is 1.61. The monoisotopic (exact) mass is 305 g/mol. The molecule has 1 rings (SSSR count). The van der Waals surface area contributed by atoms with Crippen molar-refractivity contribution in [1.82, 2.24) is 0 Å². The van der Waals surface area contributed by atoms with Crippen LogP contribution >= 0.6 is 15.9 Å². The first-order valence-corrected chi connectivity index (χ1v) is 6.21. The first kappa shape index (κ1) is 14.6. The van der Waals surface area contributed by atoms with Gasteiger partial charge >= 0.3 is 0 Å². The highest BCUT2D eigenvalue weighted by molar-refractivity contribution is 9.10. The van der Waals surface area contributed by atoms with E-state index < -0.39 is 6.10 Å². The number of methoxy groups -OCH3 is 1. The summed E-state index contributed by atoms with van der Waals surface area (Å²) in [5.74, 6) is -0.337. The van der Waals surface area contributed by atoms with Crippen molar-refractivity contribution in [3.05, 3.63) is 34.1 Å². The highest BCUT2D eigenvalue weighted by Crippen LogP contribution is 2.27. The van der Waals surface area contributed by atoms with Crippen LogP contribution in [0.25, 0.3) is 0 Å². The van der Waals surface area contributed by atoms with Crippen LogP contribution in [-0.4, -0.2) is 24.9 Å². The van der Waals surface area contributed by atoms with Crippen molar-refractivity contribution < 1.29 is 14.2 Å². The highest BCUT2D eigenvalue weighted by atomic mass is 79.9. The Morgan fingerprint density at radius 3 is 2.82 bits per heavy atom. The van der Waals surface area contributed by atoms with E-state index in [9.17, 15) is 9.50 Å². The van der Waals surface area contributed by atoms with Crippen molar-refractivity contribution in [2.24, 2.45) is 5.73 Å². The van der Waals surface area contributed by atoms with E-state index in [4.69, 9.17) is 10.5 Å². The summed E-state index contributed by atoms with van der Waals surface area (Å²) in [5.41, 5.74) is 6.50. The van der Waals surface area contributed by atoms with E-state index in [1.165, 1.54) is 12.1 Å². The number of benzene rings is 1. The van der Waals surface area contributed by atoms with Gasteiger partial charge in [-0.3, -0.25) is 0 Å². The summed E-state index contributed by atoms with van der Waals surface area (Å²) < 4.78 is 18.4. The lowest BCUT2D eigenvalue weighted by atomic mass is 10.0. The van der Waals surface area contributed by atoms with Crippen molar-refractivity contribution in [3.63, 3.8) is 0 Å². The van der Waals surface area contributed by atoms with Gasteiger partial charge in [0.15, 0.2) is 0 Å². The zero-order valence-electron chi connectivity index (χ0n) is 9.70. The molecule has 5 heteroatoms. The molecule has 0 heterocycles. The van der Waals surface area contributed by atoms with Crippen LogP contribution in [0, 0.1) is 5.82 Å². The maximum absolute atomic E-state index is 12.9. The standard InChI is InChI=1S/C12H17BrFNO2/c1-17-5-4-9(15)7-12(16)10-3-2-8(14)6-11(10)13/h2-3,6,9,12,16H,4-5,7,15H2,1H3. The average molecular weight is 306 g/mol. The van der Waals surface area contributed by atoms with E-state index in [0.717, 1.165) is 0 Å². The second-order valence-corrected chi connectivity index (χ2v) is 4.81. The van der Waals surface area contributed by atoms with Gasteiger partial charge in [0.1, 0.15) is 5.82 Å². The molecule has 3 nitrogen and oxygen atoms in total. The molecular weight excluding hydrogens is 289 g/mol. The Kier molecular flexibility index (Phi) is 6.05. The number of aliphatic hydroxyl groups is 1. The molecule has 2 unspecified atom stereocenters. The molecule has 0 saturated heterocycles. The van der Waals surface area contributed by atoms with Gasteiger partial charge in [-0.1, -0.05) is 22.0 Å². The van der Waals surface area contributed by atoms with E-state index in [2.05, 4.69) is 15.9 Å². The van der Waals surface area contributed by atoms with Gasteiger partial charge in [-0.05, 0) is 30.5 Å². The Hall–Kier alpha value is -0.490. The molecule has 0 bridgehead atoms. The summed E-state index contributed by atoms with van der Waals surface area (Å²) in [6.07, 6.45) is 0.414. The number of aliphatic hydroxyl groups excluding tert-OH is 1. The van der Waals surface area contributed by atoms with Gasteiger partial charge in [0, 0.05) is 24.2 Å². The Morgan fingerprint density at radius 1 is 1.53 bits per heavy atom. The molecule has 0 aliphatic carbocycles. The van der Waals surface area contributed by atoms with Crippen molar-refractivity contribution in [3.8, 4) is 0 Å². The van der Waals surface area contributed by atoms with Gasteiger partial charge in [-0.25, -0.2) is 4.39 Å². The quantitative estimate of drug-likeness (QED) is 0.848. The number of halogens is 2.